The molecule has 0 saturated carbocycles. The zero-order valence-electron chi connectivity index (χ0n) is 14.6. The number of nitrogens with zero attached hydrogens (tertiary/aromatic N) is 1. The van der Waals surface area contributed by atoms with Crippen LogP contribution in [-0.2, 0) is 24.3 Å². The Morgan fingerprint density at radius 2 is 1.96 bits per heavy atom. The number of carbonyl (C=O) groups is 2. The van der Waals surface area contributed by atoms with E-state index in [-0.39, 0.29) is 16.5 Å². The van der Waals surface area contributed by atoms with Crippen molar-refractivity contribution < 1.29 is 27.5 Å². The Kier molecular flexibility index (Phi) is 6.38. The third kappa shape index (κ3) is 4.23. The van der Waals surface area contributed by atoms with Crippen molar-refractivity contribution >= 4 is 39.0 Å². The number of anilines is 1. The zero-order valence-corrected chi connectivity index (χ0v) is 16.2. The summed E-state index contributed by atoms with van der Waals surface area (Å²) in [7, 11) is -2.76. The van der Waals surface area contributed by atoms with Gasteiger partial charge in [0.25, 0.3) is 10.0 Å². The highest BCUT2D eigenvalue weighted by atomic mass is 32.2. The molecule has 0 atom stereocenters. The highest BCUT2D eigenvalue weighted by Gasteiger charge is 2.29. The van der Waals surface area contributed by atoms with Crippen LogP contribution in [0.25, 0.3) is 0 Å². The van der Waals surface area contributed by atoms with Crippen LogP contribution in [0, 0.1) is 6.92 Å². The van der Waals surface area contributed by atoms with Gasteiger partial charge >= 0.3 is 11.9 Å². The summed E-state index contributed by atoms with van der Waals surface area (Å²) in [5.74, 6) is -1.19. The average Bonchev–Trinajstić information content (AvgIpc) is 3.15. The Morgan fingerprint density at radius 3 is 2.50 bits per heavy atom. The van der Waals surface area contributed by atoms with Crippen LogP contribution in [0.1, 0.15) is 22.8 Å². The van der Waals surface area contributed by atoms with E-state index in [1.54, 1.807) is 25.3 Å². The summed E-state index contributed by atoms with van der Waals surface area (Å²) < 4.78 is 36.6. The topological polar surface area (TPSA) is 90.0 Å². The third-order valence-corrected chi connectivity index (χ3v) is 6.65. The molecule has 1 aromatic carbocycles. The van der Waals surface area contributed by atoms with E-state index in [0.29, 0.717) is 11.1 Å². The van der Waals surface area contributed by atoms with Gasteiger partial charge in [-0.1, -0.05) is 6.07 Å². The number of ether oxygens (including phenoxy) is 2. The number of hydrogen-bond acceptors (Lipinski definition) is 7. The molecule has 7 nitrogen and oxygen atoms in total. The lowest BCUT2D eigenvalue weighted by molar-refractivity contribution is -0.138. The van der Waals surface area contributed by atoms with Gasteiger partial charge in [0.1, 0.15) is 10.8 Å². The largest absolute Gasteiger partial charge is 0.468 e. The van der Waals surface area contributed by atoms with Gasteiger partial charge in [-0.15, -0.1) is 11.3 Å². The minimum atomic E-state index is -3.95. The second kappa shape index (κ2) is 8.33. The first-order valence-corrected chi connectivity index (χ1v) is 10.0. The van der Waals surface area contributed by atoms with Gasteiger partial charge in [-0.3, -0.25) is 9.10 Å². The third-order valence-electron chi connectivity index (χ3n) is 3.52. The van der Waals surface area contributed by atoms with Crippen molar-refractivity contribution in [2.75, 3.05) is 24.6 Å². The number of thiophene rings is 1. The smallest absolute Gasteiger partial charge is 0.338 e. The lowest BCUT2D eigenvalue weighted by Gasteiger charge is -2.24. The SMILES string of the molecule is CCOC(=O)c1ccc(N(CC(=O)OC)S(=O)(=O)c2cccs2)c(C)c1. The molecular formula is C17H19NO6S2. The first-order chi connectivity index (χ1) is 12.3. The number of benzene rings is 1. The molecule has 0 fully saturated rings. The molecule has 0 aliphatic carbocycles. The molecule has 0 radical (unpaired) electrons. The zero-order chi connectivity index (χ0) is 19.3. The summed E-state index contributed by atoms with van der Waals surface area (Å²) in [5, 5.41) is 1.64. The van der Waals surface area contributed by atoms with E-state index in [1.165, 1.54) is 31.4 Å². The van der Waals surface area contributed by atoms with E-state index in [0.717, 1.165) is 15.6 Å². The number of rotatable bonds is 7. The van der Waals surface area contributed by atoms with E-state index in [1.807, 2.05) is 0 Å². The van der Waals surface area contributed by atoms with Crippen molar-refractivity contribution in [2.45, 2.75) is 18.1 Å². The van der Waals surface area contributed by atoms with E-state index in [9.17, 15) is 18.0 Å². The molecule has 9 heteroatoms. The molecule has 0 spiro atoms. The van der Waals surface area contributed by atoms with Gasteiger partial charge in [-0.2, -0.15) is 0 Å². The Bertz CT molecular complexity index is 890. The average molecular weight is 397 g/mol. The number of hydrogen-bond donors (Lipinski definition) is 0. The second-order valence-corrected chi connectivity index (χ2v) is 8.28. The summed E-state index contributed by atoms with van der Waals surface area (Å²) in [6, 6.07) is 7.56. The van der Waals surface area contributed by atoms with E-state index >= 15 is 0 Å². The van der Waals surface area contributed by atoms with Gasteiger partial charge in [0, 0.05) is 0 Å². The van der Waals surface area contributed by atoms with E-state index in [4.69, 9.17) is 4.74 Å². The summed E-state index contributed by atoms with van der Waals surface area (Å²) >= 11 is 1.05. The summed E-state index contributed by atoms with van der Waals surface area (Å²) in [5.41, 5.74) is 1.11. The monoisotopic (exact) mass is 397 g/mol. The van der Waals surface area contributed by atoms with Crippen LogP contribution >= 0.6 is 11.3 Å². The number of carbonyl (C=O) groups excluding carboxylic acids is 2. The predicted octanol–water partition coefficient (Wildman–Crippen LogP) is 2.60. The van der Waals surface area contributed by atoms with Gasteiger partial charge in [0.15, 0.2) is 0 Å². The Hall–Kier alpha value is -2.39. The second-order valence-electron chi connectivity index (χ2n) is 5.24. The fourth-order valence-electron chi connectivity index (χ4n) is 2.28. The van der Waals surface area contributed by atoms with Crippen molar-refractivity contribution in [2.24, 2.45) is 0 Å². The van der Waals surface area contributed by atoms with Crippen LogP contribution in [0.15, 0.2) is 39.9 Å². The predicted molar refractivity (Wildman–Crippen MR) is 98.0 cm³/mol. The van der Waals surface area contributed by atoms with Crippen LogP contribution in [-0.4, -0.2) is 40.6 Å². The molecule has 0 N–H and O–H groups in total. The molecule has 140 valence electrons. The maximum Gasteiger partial charge on any atom is 0.338 e. The highest BCUT2D eigenvalue weighted by molar-refractivity contribution is 7.94. The van der Waals surface area contributed by atoms with Crippen LogP contribution in [0.4, 0.5) is 5.69 Å². The summed E-state index contributed by atoms with van der Waals surface area (Å²) in [6.45, 7) is 3.12. The molecular weight excluding hydrogens is 378 g/mol. The summed E-state index contributed by atoms with van der Waals surface area (Å²) in [6.07, 6.45) is 0. The molecule has 1 aromatic heterocycles. The normalized spacial score (nSPS) is 11.0. The fraction of sp³-hybridized carbons (Fsp3) is 0.294. The molecule has 0 amide bonds. The molecule has 0 aliphatic heterocycles. The van der Waals surface area contributed by atoms with Crippen molar-refractivity contribution in [1.29, 1.82) is 0 Å². The van der Waals surface area contributed by atoms with Crippen LogP contribution < -0.4 is 4.31 Å². The van der Waals surface area contributed by atoms with Crippen LogP contribution in [0.2, 0.25) is 0 Å². The van der Waals surface area contributed by atoms with Crippen molar-refractivity contribution in [3.8, 4) is 0 Å². The molecule has 26 heavy (non-hydrogen) atoms. The van der Waals surface area contributed by atoms with Crippen molar-refractivity contribution in [3.63, 3.8) is 0 Å². The van der Waals surface area contributed by atoms with Gasteiger partial charge in [0.05, 0.1) is 25.0 Å². The molecule has 0 aliphatic rings. The Balaban J connectivity index is 2.49. The Morgan fingerprint density at radius 1 is 1.23 bits per heavy atom. The Labute approximate surface area is 156 Å². The maximum absolute atomic E-state index is 13.0. The number of methoxy groups -OCH3 is 1. The van der Waals surface area contributed by atoms with Crippen LogP contribution in [0.5, 0.6) is 0 Å². The van der Waals surface area contributed by atoms with Crippen molar-refractivity contribution in [3.05, 3.63) is 46.8 Å². The lowest BCUT2D eigenvalue weighted by atomic mass is 10.1. The van der Waals surface area contributed by atoms with Crippen molar-refractivity contribution in [1.82, 2.24) is 0 Å². The first-order valence-electron chi connectivity index (χ1n) is 7.72. The molecule has 2 rings (SSSR count). The summed E-state index contributed by atoms with van der Waals surface area (Å²) in [4.78, 5) is 23.6. The quantitative estimate of drug-likeness (QED) is 0.667. The molecule has 1 heterocycles. The minimum Gasteiger partial charge on any atom is -0.468 e. The molecule has 0 saturated heterocycles. The number of aryl methyl sites for hydroxylation is 1. The molecule has 0 bridgehead atoms. The lowest BCUT2D eigenvalue weighted by Crippen LogP contribution is -2.36. The van der Waals surface area contributed by atoms with Crippen LogP contribution in [0.3, 0.4) is 0 Å². The van der Waals surface area contributed by atoms with Gasteiger partial charge in [0.2, 0.25) is 0 Å². The van der Waals surface area contributed by atoms with Gasteiger partial charge in [-0.25, -0.2) is 13.2 Å². The van der Waals surface area contributed by atoms with Gasteiger partial charge < -0.3 is 9.47 Å². The van der Waals surface area contributed by atoms with E-state index < -0.39 is 28.5 Å². The number of esters is 2. The number of sulfonamides is 1. The molecule has 0 unspecified atom stereocenters. The standard InChI is InChI=1S/C17H19NO6S2/c1-4-24-17(20)13-7-8-14(12(2)10-13)18(11-15(19)23-3)26(21,22)16-6-5-9-25-16/h5-10H,4,11H2,1-3H3. The maximum atomic E-state index is 13.0. The minimum absolute atomic E-state index is 0.107. The van der Waals surface area contributed by atoms with Gasteiger partial charge in [-0.05, 0) is 49.1 Å². The first kappa shape index (κ1) is 19.9. The highest BCUT2D eigenvalue weighted by Crippen LogP contribution is 2.29. The fourth-order valence-corrected chi connectivity index (χ4v) is 4.86. The van der Waals surface area contributed by atoms with E-state index in [2.05, 4.69) is 4.74 Å². The molecule has 2 aromatic rings.